The lowest BCUT2D eigenvalue weighted by Crippen LogP contribution is -1.91. The molecular weight excluding hydrogens is 240 g/mol. The Kier molecular flexibility index (Phi) is 2.83. The van der Waals surface area contributed by atoms with E-state index in [9.17, 15) is 5.11 Å². The van der Waals surface area contributed by atoms with Crippen LogP contribution in [0.25, 0.3) is 5.65 Å². The van der Waals surface area contributed by atoms with Gasteiger partial charge in [0.2, 0.25) is 0 Å². The summed E-state index contributed by atoms with van der Waals surface area (Å²) in [4.78, 5) is 4.53. The highest BCUT2D eigenvalue weighted by atomic mass is 16.5. The van der Waals surface area contributed by atoms with Gasteiger partial charge in [-0.15, -0.1) is 0 Å². The zero-order valence-electron chi connectivity index (χ0n) is 10.6. The molecule has 2 heterocycles. The maximum atomic E-state index is 9.79. The van der Waals surface area contributed by atoms with E-state index in [1.807, 2.05) is 47.0 Å². The van der Waals surface area contributed by atoms with Crippen molar-refractivity contribution in [1.82, 2.24) is 9.38 Å². The summed E-state index contributed by atoms with van der Waals surface area (Å²) < 4.78 is 7.19. The summed E-state index contributed by atoms with van der Waals surface area (Å²) in [5, 5.41) is 9.79. The number of methoxy groups -OCH3 is 1. The van der Waals surface area contributed by atoms with Gasteiger partial charge in [-0.1, -0.05) is 24.3 Å². The van der Waals surface area contributed by atoms with E-state index in [0.29, 0.717) is 12.2 Å². The topological polar surface area (TPSA) is 46.8 Å². The maximum Gasteiger partial charge on any atom is 0.198 e. The van der Waals surface area contributed by atoms with Crippen LogP contribution in [0.15, 0.2) is 48.7 Å². The summed E-state index contributed by atoms with van der Waals surface area (Å²) in [7, 11) is 1.64. The molecule has 0 spiro atoms. The minimum absolute atomic E-state index is 0.298. The van der Waals surface area contributed by atoms with E-state index in [4.69, 9.17) is 4.74 Å². The van der Waals surface area contributed by atoms with Crippen molar-refractivity contribution in [3.05, 3.63) is 59.9 Å². The molecule has 0 amide bonds. The van der Waals surface area contributed by atoms with Gasteiger partial charge in [0.1, 0.15) is 11.4 Å². The van der Waals surface area contributed by atoms with E-state index >= 15 is 0 Å². The van der Waals surface area contributed by atoms with Crippen molar-refractivity contribution >= 4 is 5.65 Å². The molecule has 4 nitrogen and oxygen atoms in total. The number of fused-ring (bicyclic) bond motifs is 1. The van der Waals surface area contributed by atoms with Crippen molar-refractivity contribution in [2.45, 2.75) is 6.42 Å². The molecule has 0 aliphatic carbocycles. The smallest absolute Gasteiger partial charge is 0.198 e. The fourth-order valence-corrected chi connectivity index (χ4v) is 2.14. The van der Waals surface area contributed by atoms with E-state index in [-0.39, 0.29) is 0 Å². The maximum absolute atomic E-state index is 9.79. The quantitative estimate of drug-likeness (QED) is 0.781. The van der Waals surface area contributed by atoms with E-state index in [2.05, 4.69) is 4.98 Å². The Morgan fingerprint density at radius 3 is 2.79 bits per heavy atom. The van der Waals surface area contributed by atoms with Crippen LogP contribution >= 0.6 is 0 Å². The number of rotatable bonds is 3. The van der Waals surface area contributed by atoms with Crippen LogP contribution in [-0.2, 0) is 6.42 Å². The van der Waals surface area contributed by atoms with E-state index in [1.54, 1.807) is 13.2 Å². The Balaban J connectivity index is 2.00. The molecule has 0 atom stereocenters. The Hall–Kier alpha value is -2.49. The first-order chi connectivity index (χ1) is 9.28. The van der Waals surface area contributed by atoms with Crippen LogP contribution in [0.1, 0.15) is 11.3 Å². The van der Waals surface area contributed by atoms with Gasteiger partial charge in [0.15, 0.2) is 5.88 Å². The molecule has 3 rings (SSSR count). The first kappa shape index (κ1) is 11.6. The van der Waals surface area contributed by atoms with E-state index in [1.165, 1.54) is 0 Å². The average Bonchev–Trinajstić information content (AvgIpc) is 2.83. The molecule has 0 fully saturated rings. The van der Waals surface area contributed by atoms with Crippen LogP contribution in [0, 0.1) is 0 Å². The summed E-state index contributed by atoms with van der Waals surface area (Å²) in [5.41, 5.74) is 2.60. The van der Waals surface area contributed by atoms with Crippen LogP contribution in [0.2, 0.25) is 0 Å². The van der Waals surface area contributed by atoms with Gasteiger partial charge in [-0.25, -0.2) is 4.98 Å². The zero-order chi connectivity index (χ0) is 13.2. The van der Waals surface area contributed by atoms with Crippen LogP contribution in [0.4, 0.5) is 0 Å². The number of hydrogen-bond donors (Lipinski definition) is 1. The summed E-state index contributed by atoms with van der Waals surface area (Å²) in [6.07, 6.45) is 2.53. The second kappa shape index (κ2) is 4.65. The van der Waals surface area contributed by atoms with Crippen molar-refractivity contribution in [1.29, 1.82) is 0 Å². The van der Waals surface area contributed by atoms with Crippen LogP contribution < -0.4 is 4.74 Å². The van der Waals surface area contributed by atoms with Gasteiger partial charge in [0.25, 0.3) is 0 Å². The van der Waals surface area contributed by atoms with Gasteiger partial charge < -0.3 is 9.84 Å². The SMILES string of the molecule is COc1cccc2nc(Cc3ccccc3O)cn12. The second-order valence-electron chi connectivity index (χ2n) is 4.33. The molecule has 0 aliphatic rings. The number of pyridine rings is 1. The molecule has 0 unspecified atom stereocenters. The number of phenolic OH excluding ortho intramolecular Hbond substituents is 1. The number of aromatic hydroxyl groups is 1. The predicted molar refractivity (Wildman–Crippen MR) is 72.7 cm³/mol. The van der Waals surface area contributed by atoms with Crippen molar-refractivity contribution in [3.63, 3.8) is 0 Å². The van der Waals surface area contributed by atoms with Gasteiger partial charge in [-0.05, 0) is 23.8 Å². The Bertz CT molecular complexity index is 719. The number of para-hydroxylation sites is 1. The number of nitrogens with zero attached hydrogens (tertiary/aromatic N) is 2. The van der Waals surface area contributed by atoms with Crippen molar-refractivity contribution < 1.29 is 9.84 Å². The number of benzene rings is 1. The molecule has 1 N–H and O–H groups in total. The molecule has 96 valence electrons. The molecule has 1 aromatic carbocycles. The molecule has 3 aromatic rings. The minimum atomic E-state index is 0.298. The van der Waals surface area contributed by atoms with Crippen molar-refractivity contribution in [3.8, 4) is 11.6 Å². The van der Waals surface area contributed by atoms with Crippen molar-refractivity contribution in [2.75, 3.05) is 7.11 Å². The lowest BCUT2D eigenvalue weighted by molar-refractivity contribution is 0.392. The molecule has 0 saturated heterocycles. The van der Waals surface area contributed by atoms with Gasteiger partial charge >= 0.3 is 0 Å². The highest BCUT2D eigenvalue weighted by Gasteiger charge is 2.08. The molecule has 19 heavy (non-hydrogen) atoms. The van der Waals surface area contributed by atoms with E-state index < -0.39 is 0 Å². The number of hydrogen-bond acceptors (Lipinski definition) is 3. The van der Waals surface area contributed by atoms with Crippen LogP contribution in [0.3, 0.4) is 0 Å². The minimum Gasteiger partial charge on any atom is -0.508 e. The number of phenols is 1. The van der Waals surface area contributed by atoms with Crippen molar-refractivity contribution in [2.24, 2.45) is 0 Å². The third kappa shape index (κ3) is 2.12. The Morgan fingerprint density at radius 2 is 2.00 bits per heavy atom. The van der Waals surface area contributed by atoms with Gasteiger partial charge in [0, 0.05) is 12.6 Å². The van der Waals surface area contributed by atoms with Crippen LogP contribution in [0.5, 0.6) is 11.6 Å². The lowest BCUT2D eigenvalue weighted by Gasteiger charge is -2.01. The number of imidazole rings is 1. The summed E-state index contributed by atoms with van der Waals surface area (Å²) in [5.74, 6) is 1.04. The van der Waals surface area contributed by atoms with Gasteiger partial charge in [-0.3, -0.25) is 4.40 Å². The molecule has 4 heteroatoms. The summed E-state index contributed by atoms with van der Waals surface area (Å²) in [6.45, 7) is 0. The molecule has 2 aromatic heterocycles. The second-order valence-corrected chi connectivity index (χ2v) is 4.33. The fraction of sp³-hybridized carbons (Fsp3) is 0.133. The normalized spacial score (nSPS) is 10.8. The number of aromatic nitrogens is 2. The third-order valence-electron chi connectivity index (χ3n) is 3.08. The first-order valence-electron chi connectivity index (χ1n) is 6.06. The zero-order valence-corrected chi connectivity index (χ0v) is 10.6. The predicted octanol–water partition coefficient (Wildman–Crippen LogP) is 2.64. The molecule has 0 bridgehead atoms. The third-order valence-corrected chi connectivity index (χ3v) is 3.08. The fourth-order valence-electron chi connectivity index (χ4n) is 2.14. The largest absolute Gasteiger partial charge is 0.508 e. The highest BCUT2D eigenvalue weighted by Crippen LogP contribution is 2.21. The van der Waals surface area contributed by atoms with Gasteiger partial charge in [0.05, 0.1) is 12.8 Å². The molecular formula is C15H14N2O2. The van der Waals surface area contributed by atoms with E-state index in [0.717, 1.165) is 22.8 Å². The molecule has 0 aliphatic heterocycles. The lowest BCUT2D eigenvalue weighted by atomic mass is 10.1. The number of ether oxygens (including phenoxy) is 1. The Morgan fingerprint density at radius 1 is 1.16 bits per heavy atom. The van der Waals surface area contributed by atoms with Crippen LogP contribution in [-0.4, -0.2) is 21.6 Å². The summed E-state index contributed by atoms with van der Waals surface area (Å²) >= 11 is 0. The molecule has 0 saturated carbocycles. The summed E-state index contributed by atoms with van der Waals surface area (Å²) in [6, 6.07) is 13.0. The molecule has 0 radical (unpaired) electrons. The highest BCUT2D eigenvalue weighted by molar-refractivity contribution is 5.45. The first-order valence-corrected chi connectivity index (χ1v) is 6.06. The van der Waals surface area contributed by atoms with Gasteiger partial charge in [-0.2, -0.15) is 0 Å². The average molecular weight is 254 g/mol. The monoisotopic (exact) mass is 254 g/mol. The standard InChI is InChI=1S/C15H14N2O2/c1-19-15-8-4-7-14-16-12(10-17(14)15)9-11-5-2-3-6-13(11)18/h2-8,10,18H,9H2,1H3. The Labute approximate surface area is 110 Å².